The molecule has 0 spiro atoms. The maximum Gasteiger partial charge on any atom is 0.0491 e. The second kappa shape index (κ2) is 5.90. The van der Waals surface area contributed by atoms with Crippen LogP contribution in [0.25, 0.3) is 21.8 Å². The van der Waals surface area contributed by atoms with Crippen molar-refractivity contribution < 1.29 is 0 Å². The summed E-state index contributed by atoms with van der Waals surface area (Å²) in [6.07, 6.45) is 0. The van der Waals surface area contributed by atoms with Crippen LogP contribution in [0.1, 0.15) is 26.3 Å². The predicted molar refractivity (Wildman–Crippen MR) is 91.7 cm³/mol. The van der Waals surface area contributed by atoms with E-state index in [0.717, 1.165) is 26.2 Å². The molecule has 0 aliphatic rings. The number of hydrogen-bond acceptors (Lipinski definition) is 1. The fraction of sp³-hybridized carbons (Fsp3) is 0.368. The molecule has 1 heterocycles. The van der Waals surface area contributed by atoms with Gasteiger partial charge >= 0.3 is 0 Å². The third kappa shape index (κ3) is 2.44. The fourth-order valence-corrected chi connectivity index (χ4v) is 3.25. The van der Waals surface area contributed by atoms with Gasteiger partial charge in [0.15, 0.2) is 0 Å². The molecule has 0 fully saturated rings. The van der Waals surface area contributed by atoms with Gasteiger partial charge in [-0.3, -0.25) is 4.90 Å². The van der Waals surface area contributed by atoms with Crippen molar-refractivity contribution in [2.75, 3.05) is 13.1 Å². The summed E-state index contributed by atoms with van der Waals surface area (Å²) in [6, 6.07) is 15.7. The van der Waals surface area contributed by atoms with Crippen LogP contribution in [0.3, 0.4) is 0 Å². The second-order valence-electron chi connectivity index (χ2n) is 5.57. The molecule has 0 saturated heterocycles. The van der Waals surface area contributed by atoms with Crippen LogP contribution in [0, 0.1) is 0 Å². The molecule has 3 rings (SSSR count). The zero-order valence-corrected chi connectivity index (χ0v) is 13.3. The molecule has 0 unspecified atom stereocenters. The molecule has 0 atom stereocenters. The molecule has 0 amide bonds. The summed E-state index contributed by atoms with van der Waals surface area (Å²) in [7, 11) is 0. The molecule has 21 heavy (non-hydrogen) atoms. The van der Waals surface area contributed by atoms with Crippen molar-refractivity contribution in [3.8, 4) is 0 Å². The SMILES string of the molecule is CCN(CC)Cc1ccc2c(c1)c1ccccc1n2CC. The Bertz CT molecular complexity index is 751. The van der Waals surface area contributed by atoms with E-state index in [9.17, 15) is 0 Å². The van der Waals surface area contributed by atoms with Crippen LogP contribution in [0.5, 0.6) is 0 Å². The van der Waals surface area contributed by atoms with Gasteiger partial charge in [0.2, 0.25) is 0 Å². The Balaban J connectivity index is 2.15. The third-order valence-electron chi connectivity index (χ3n) is 4.45. The van der Waals surface area contributed by atoms with E-state index in [0.29, 0.717) is 0 Å². The number of fused-ring (bicyclic) bond motifs is 3. The molecular weight excluding hydrogens is 256 g/mol. The van der Waals surface area contributed by atoms with E-state index in [1.807, 2.05) is 0 Å². The minimum atomic E-state index is 1.01. The maximum atomic E-state index is 2.46. The van der Waals surface area contributed by atoms with Crippen LogP contribution in [0.4, 0.5) is 0 Å². The second-order valence-corrected chi connectivity index (χ2v) is 5.57. The van der Waals surface area contributed by atoms with Crippen molar-refractivity contribution in [1.82, 2.24) is 9.47 Å². The Morgan fingerprint density at radius 2 is 1.57 bits per heavy atom. The third-order valence-corrected chi connectivity index (χ3v) is 4.45. The summed E-state index contributed by atoms with van der Waals surface area (Å²) in [5.74, 6) is 0. The van der Waals surface area contributed by atoms with Gasteiger partial charge in [-0.25, -0.2) is 0 Å². The number of hydrogen-bond donors (Lipinski definition) is 0. The van der Waals surface area contributed by atoms with Gasteiger partial charge in [0, 0.05) is 34.9 Å². The first-order chi connectivity index (χ1) is 10.3. The molecule has 0 saturated carbocycles. The average Bonchev–Trinajstić information content (AvgIpc) is 2.85. The number of para-hydroxylation sites is 1. The highest BCUT2D eigenvalue weighted by molar-refractivity contribution is 6.08. The molecule has 1 aromatic heterocycles. The summed E-state index contributed by atoms with van der Waals surface area (Å²) in [6.45, 7) is 10.9. The number of aryl methyl sites for hydroxylation is 1. The van der Waals surface area contributed by atoms with E-state index < -0.39 is 0 Å². The van der Waals surface area contributed by atoms with Gasteiger partial charge in [0.05, 0.1) is 0 Å². The molecule has 2 heteroatoms. The molecule has 0 aliphatic heterocycles. The van der Waals surface area contributed by atoms with Crippen molar-refractivity contribution in [2.24, 2.45) is 0 Å². The Kier molecular flexibility index (Phi) is 3.98. The largest absolute Gasteiger partial charge is 0.341 e. The average molecular weight is 280 g/mol. The van der Waals surface area contributed by atoms with E-state index in [2.05, 4.69) is 72.7 Å². The summed E-state index contributed by atoms with van der Waals surface area (Å²) < 4.78 is 2.41. The van der Waals surface area contributed by atoms with Crippen LogP contribution < -0.4 is 0 Å². The lowest BCUT2D eigenvalue weighted by Gasteiger charge is -2.18. The van der Waals surface area contributed by atoms with Crippen LogP contribution >= 0.6 is 0 Å². The zero-order valence-electron chi connectivity index (χ0n) is 13.3. The molecule has 0 bridgehead atoms. The Morgan fingerprint density at radius 1 is 0.857 bits per heavy atom. The molecule has 0 radical (unpaired) electrons. The van der Waals surface area contributed by atoms with Crippen LogP contribution in [0.2, 0.25) is 0 Å². The fourth-order valence-electron chi connectivity index (χ4n) is 3.25. The zero-order chi connectivity index (χ0) is 14.8. The van der Waals surface area contributed by atoms with E-state index in [-0.39, 0.29) is 0 Å². The van der Waals surface area contributed by atoms with Gasteiger partial charge in [-0.2, -0.15) is 0 Å². The van der Waals surface area contributed by atoms with E-state index >= 15 is 0 Å². The minimum Gasteiger partial charge on any atom is -0.341 e. The lowest BCUT2D eigenvalue weighted by molar-refractivity contribution is 0.296. The van der Waals surface area contributed by atoms with Gasteiger partial charge in [0.1, 0.15) is 0 Å². The lowest BCUT2D eigenvalue weighted by atomic mass is 10.1. The maximum absolute atomic E-state index is 2.46. The Labute approximate surface area is 127 Å². The van der Waals surface area contributed by atoms with Gasteiger partial charge in [-0.1, -0.05) is 38.1 Å². The first-order valence-electron chi connectivity index (χ1n) is 8.00. The van der Waals surface area contributed by atoms with Crippen molar-refractivity contribution >= 4 is 21.8 Å². The van der Waals surface area contributed by atoms with Crippen LogP contribution in [-0.4, -0.2) is 22.6 Å². The highest BCUT2D eigenvalue weighted by Gasteiger charge is 2.10. The van der Waals surface area contributed by atoms with Crippen LogP contribution in [0.15, 0.2) is 42.5 Å². The summed E-state index contributed by atoms with van der Waals surface area (Å²) >= 11 is 0. The number of aromatic nitrogens is 1. The van der Waals surface area contributed by atoms with E-state index in [1.54, 1.807) is 0 Å². The Morgan fingerprint density at radius 3 is 2.29 bits per heavy atom. The smallest absolute Gasteiger partial charge is 0.0491 e. The Hall–Kier alpha value is -1.80. The van der Waals surface area contributed by atoms with E-state index in [1.165, 1.54) is 27.4 Å². The van der Waals surface area contributed by atoms with Crippen molar-refractivity contribution in [2.45, 2.75) is 33.9 Å². The first kappa shape index (κ1) is 14.2. The van der Waals surface area contributed by atoms with Crippen molar-refractivity contribution in [1.29, 1.82) is 0 Å². The van der Waals surface area contributed by atoms with Crippen LogP contribution in [-0.2, 0) is 13.1 Å². The quantitative estimate of drug-likeness (QED) is 0.660. The highest BCUT2D eigenvalue weighted by Crippen LogP contribution is 2.29. The molecule has 0 aliphatic carbocycles. The number of rotatable bonds is 5. The first-order valence-corrected chi connectivity index (χ1v) is 8.00. The summed E-state index contributed by atoms with van der Waals surface area (Å²) in [5, 5.41) is 2.76. The predicted octanol–water partition coefficient (Wildman–Crippen LogP) is 4.66. The number of benzene rings is 2. The monoisotopic (exact) mass is 280 g/mol. The van der Waals surface area contributed by atoms with Gasteiger partial charge in [0.25, 0.3) is 0 Å². The summed E-state index contributed by atoms with van der Waals surface area (Å²) in [4.78, 5) is 2.46. The molecule has 2 nitrogen and oxygen atoms in total. The number of nitrogens with zero attached hydrogens (tertiary/aromatic N) is 2. The highest BCUT2D eigenvalue weighted by atomic mass is 15.1. The van der Waals surface area contributed by atoms with Crippen molar-refractivity contribution in [3.05, 3.63) is 48.0 Å². The molecule has 3 aromatic rings. The molecule has 110 valence electrons. The molecule has 2 aromatic carbocycles. The van der Waals surface area contributed by atoms with Gasteiger partial charge in [-0.15, -0.1) is 0 Å². The molecular formula is C19H24N2. The van der Waals surface area contributed by atoms with Crippen molar-refractivity contribution in [3.63, 3.8) is 0 Å². The summed E-state index contributed by atoms with van der Waals surface area (Å²) in [5.41, 5.74) is 4.10. The van der Waals surface area contributed by atoms with E-state index in [4.69, 9.17) is 0 Å². The topological polar surface area (TPSA) is 8.17 Å². The van der Waals surface area contributed by atoms with Gasteiger partial charge < -0.3 is 4.57 Å². The lowest BCUT2D eigenvalue weighted by Crippen LogP contribution is -2.21. The standard InChI is InChI=1S/C19H24N2/c1-4-20(5-2)14-15-11-12-19-17(13-15)16-9-7-8-10-18(16)21(19)6-3/h7-13H,4-6,14H2,1-3H3. The normalized spacial score (nSPS) is 11.8. The molecule has 0 N–H and O–H groups in total. The minimum absolute atomic E-state index is 1.01. The van der Waals surface area contributed by atoms with Gasteiger partial charge in [-0.05, 0) is 43.8 Å².